The second-order valence-corrected chi connectivity index (χ2v) is 7.11. The molecular formula is C23H25N3O5. The third-order valence-corrected chi connectivity index (χ3v) is 5.30. The summed E-state index contributed by atoms with van der Waals surface area (Å²) in [5.41, 5.74) is 1.28. The largest absolute Gasteiger partial charge is 0.493 e. The molecule has 31 heavy (non-hydrogen) atoms. The van der Waals surface area contributed by atoms with Gasteiger partial charge in [-0.3, -0.25) is 4.79 Å². The number of ether oxygens (including phenoxy) is 3. The van der Waals surface area contributed by atoms with Crippen LogP contribution in [0.4, 0.5) is 0 Å². The summed E-state index contributed by atoms with van der Waals surface area (Å²) in [5, 5.41) is 4.13. The average molecular weight is 423 g/mol. The second kappa shape index (κ2) is 9.07. The molecule has 0 saturated carbocycles. The lowest BCUT2D eigenvalue weighted by Crippen LogP contribution is -2.31. The Morgan fingerprint density at radius 1 is 1.13 bits per heavy atom. The first-order chi connectivity index (χ1) is 15.2. The fourth-order valence-corrected chi connectivity index (χ4v) is 3.81. The van der Waals surface area contributed by atoms with E-state index < -0.39 is 0 Å². The molecule has 1 aromatic heterocycles. The first kappa shape index (κ1) is 20.7. The third kappa shape index (κ3) is 4.05. The molecule has 8 nitrogen and oxygen atoms in total. The quantitative estimate of drug-likeness (QED) is 0.565. The van der Waals surface area contributed by atoms with Gasteiger partial charge in [0.05, 0.1) is 26.4 Å². The fourth-order valence-electron chi connectivity index (χ4n) is 3.81. The van der Waals surface area contributed by atoms with E-state index in [0.717, 1.165) is 18.4 Å². The summed E-state index contributed by atoms with van der Waals surface area (Å²) in [6.45, 7) is 3.01. The van der Waals surface area contributed by atoms with E-state index in [9.17, 15) is 4.79 Å². The predicted molar refractivity (Wildman–Crippen MR) is 113 cm³/mol. The fraction of sp³-hybridized carbons (Fsp3) is 0.348. The van der Waals surface area contributed by atoms with Crippen LogP contribution in [0.25, 0.3) is 11.4 Å². The maximum atomic E-state index is 13.3. The van der Waals surface area contributed by atoms with E-state index in [2.05, 4.69) is 10.1 Å². The molecule has 2 aromatic carbocycles. The number of amides is 1. The Morgan fingerprint density at radius 2 is 1.94 bits per heavy atom. The van der Waals surface area contributed by atoms with Crippen molar-refractivity contribution in [3.05, 3.63) is 53.9 Å². The monoisotopic (exact) mass is 423 g/mol. The van der Waals surface area contributed by atoms with Crippen LogP contribution in [-0.2, 0) is 0 Å². The molecule has 1 unspecified atom stereocenters. The molecule has 0 bridgehead atoms. The van der Waals surface area contributed by atoms with E-state index >= 15 is 0 Å². The standard InChI is InChI=1S/C23H25N3O5/c1-4-30-18-10-6-5-8-16(18)23(27)26-13-7-9-17(26)22-24-21(25-31-22)15-11-12-19(28-2)20(14-15)29-3/h5-6,8,10-12,14,17H,4,7,9,13H2,1-3H3. The highest BCUT2D eigenvalue weighted by atomic mass is 16.5. The zero-order chi connectivity index (χ0) is 21.8. The Hall–Kier alpha value is -3.55. The van der Waals surface area contributed by atoms with Crippen molar-refractivity contribution in [3.63, 3.8) is 0 Å². The lowest BCUT2D eigenvalue weighted by molar-refractivity contribution is 0.0706. The van der Waals surface area contributed by atoms with Gasteiger partial charge in [-0.25, -0.2) is 0 Å². The Morgan fingerprint density at radius 3 is 2.71 bits per heavy atom. The highest BCUT2D eigenvalue weighted by Crippen LogP contribution is 2.36. The average Bonchev–Trinajstić information content (AvgIpc) is 3.48. The lowest BCUT2D eigenvalue weighted by atomic mass is 10.1. The smallest absolute Gasteiger partial charge is 0.258 e. The summed E-state index contributed by atoms with van der Waals surface area (Å²) in [4.78, 5) is 19.6. The maximum Gasteiger partial charge on any atom is 0.258 e. The van der Waals surface area contributed by atoms with Crippen molar-refractivity contribution in [2.45, 2.75) is 25.8 Å². The van der Waals surface area contributed by atoms with Crippen LogP contribution in [0.5, 0.6) is 17.2 Å². The van der Waals surface area contributed by atoms with Crippen LogP contribution in [-0.4, -0.2) is 48.3 Å². The van der Waals surface area contributed by atoms with E-state index in [1.165, 1.54) is 0 Å². The van der Waals surface area contributed by atoms with Gasteiger partial charge < -0.3 is 23.6 Å². The highest BCUT2D eigenvalue weighted by Gasteiger charge is 2.35. The van der Waals surface area contributed by atoms with Gasteiger partial charge in [0.15, 0.2) is 11.5 Å². The number of carbonyl (C=O) groups is 1. The van der Waals surface area contributed by atoms with Crippen LogP contribution < -0.4 is 14.2 Å². The number of hydrogen-bond acceptors (Lipinski definition) is 7. The molecular weight excluding hydrogens is 398 g/mol. The molecule has 0 N–H and O–H groups in total. The number of hydrogen-bond donors (Lipinski definition) is 0. The third-order valence-electron chi connectivity index (χ3n) is 5.30. The second-order valence-electron chi connectivity index (χ2n) is 7.11. The summed E-state index contributed by atoms with van der Waals surface area (Å²) < 4.78 is 21.8. The normalized spacial score (nSPS) is 15.7. The number of likely N-dealkylation sites (tertiary alicyclic amines) is 1. The molecule has 0 radical (unpaired) electrons. The van der Waals surface area contributed by atoms with Crippen molar-refractivity contribution in [1.82, 2.24) is 15.0 Å². The topological polar surface area (TPSA) is 86.9 Å². The summed E-state index contributed by atoms with van der Waals surface area (Å²) in [6, 6.07) is 12.4. The van der Waals surface area contributed by atoms with E-state index in [-0.39, 0.29) is 11.9 Å². The van der Waals surface area contributed by atoms with Gasteiger partial charge in [-0.1, -0.05) is 17.3 Å². The molecule has 162 valence electrons. The molecule has 1 amide bonds. The molecule has 1 aliphatic heterocycles. The number of methoxy groups -OCH3 is 2. The van der Waals surface area contributed by atoms with Crippen molar-refractivity contribution in [1.29, 1.82) is 0 Å². The summed E-state index contributed by atoms with van der Waals surface area (Å²) >= 11 is 0. The summed E-state index contributed by atoms with van der Waals surface area (Å²) in [5.74, 6) is 2.54. The Balaban J connectivity index is 1.59. The van der Waals surface area contributed by atoms with Gasteiger partial charge in [-0.05, 0) is 50.1 Å². The first-order valence-electron chi connectivity index (χ1n) is 10.2. The molecule has 0 spiro atoms. The van der Waals surface area contributed by atoms with Crippen molar-refractivity contribution in [3.8, 4) is 28.6 Å². The van der Waals surface area contributed by atoms with E-state index in [0.29, 0.717) is 47.7 Å². The van der Waals surface area contributed by atoms with Crippen LogP contribution in [0, 0.1) is 0 Å². The molecule has 1 atom stereocenters. The van der Waals surface area contributed by atoms with Gasteiger partial charge in [0.25, 0.3) is 5.91 Å². The molecule has 2 heterocycles. The van der Waals surface area contributed by atoms with E-state index in [1.54, 1.807) is 37.3 Å². The maximum absolute atomic E-state index is 13.3. The number of carbonyl (C=O) groups excluding carboxylic acids is 1. The summed E-state index contributed by atoms with van der Waals surface area (Å²) in [6.07, 6.45) is 1.62. The van der Waals surface area contributed by atoms with Gasteiger partial charge in [0, 0.05) is 12.1 Å². The summed E-state index contributed by atoms with van der Waals surface area (Å²) in [7, 11) is 3.16. The van der Waals surface area contributed by atoms with Gasteiger partial charge >= 0.3 is 0 Å². The molecule has 8 heteroatoms. The van der Waals surface area contributed by atoms with Gasteiger partial charge in [0.2, 0.25) is 11.7 Å². The SMILES string of the molecule is CCOc1ccccc1C(=O)N1CCCC1c1nc(-c2ccc(OC)c(OC)c2)no1. The van der Waals surface area contributed by atoms with Gasteiger partial charge in [-0.15, -0.1) is 0 Å². The van der Waals surface area contributed by atoms with Crippen molar-refractivity contribution >= 4 is 5.91 Å². The zero-order valence-electron chi connectivity index (χ0n) is 17.8. The Bertz CT molecular complexity index is 1060. The molecule has 0 aliphatic carbocycles. The van der Waals surface area contributed by atoms with E-state index in [1.807, 2.05) is 31.2 Å². The molecule has 1 fully saturated rings. The Kier molecular flexibility index (Phi) is 6.06. The van der Waals surface area contributed by atoms with Gasteiger partial charge in [-0.2, -0.15) is 4.98 Å². The molecule has 1 saturated heterocycles. The number of benzene rings is 2. The van der Waals surface area contributed by atoms with Crippen molar-refractivity contribution < 1.29 is 23.5 Å². The van der Waals surface area contributed by atoms with Crippen LogP contribution in [0.1, 0.15) is 42.1 Å². The zero-order valence-corrected chi connectivity index (χ0v) is 17.8. The molecule has 4 rings (SSSR count). The highest BCUT2D eigenvalue weighted by molar-refractivity contribution is 5.97. The number of aromatic nitrogens is 2. The minimum Gasteiger partial charge on any atom is -0.493 e. The van der Waals surface area contributed by atoms with E-state index in [4.69, 9.17) is 18.7 Å². The van der Waals surface area contributed by atoms with Crippen LogP contribution in [0.2, 0.25) is 0 Å². The minimum absolute atomic E-state index is 0.0996. The number of rotatable bonds is 7. The van der Waals surface area contributed by atoms with Crippen LogP contribution in [0.15, 0.2) is 47.0 Å². The predicted octanol–water partition coefficient (Wildman–Crippen LogP) is 4.13. The lowest BCUT2D eigenvalue weighted by Gasteiger charge is -2.23. The van der Waals surface area contributed by atoms with Crippen LogP contribution in [0.3, 0.4) is 0 Å². The van der Waals surface area contributed by atoms with Crippen molar-refractivity contribution in [2.24, 2.45) is 0 Å². The first-order valence-corrected chi connectivity index (χ1v) is 10.2. The number of nitrogens with zero attached hydrogens (tertiary/aromatic N) is 3. The van der Waals surface area contributed by atoms with Crippen molar-refractivity contribution in [2.75, 3.05) is 27.4 Å². The molecule has 3 aromatic rings. The molecule has 1 aliphatic rings. The minimum atomic E-state index is -0.274. The number of para-hydroxylation sites is 1. The Labute approximate surface area is 180 Å². The van der Waals surface area contributed by atoms with Crippen LogP contribution >= 0.6 is 0 Å². The van der Waals surface area contributed by atoms with Gasteiger partial charge in [0.1, 0.15) is 11.8 Å².